The highest BCUT2D eigenvalue weighted by Gasteiger charge is 2.25. The first-order chi connectivity index (χ1) is 11.8. The number of halogens is 1. The Morgan fingerprint density at radius 2 is 2.12 bits per heavy atom. The van der Waals surface area contributed by atoms with Crippen molar-refractivity contribution >= 4 is 27.7 Å². The largest absolute Gasteiger partial charge is 0.345 e. The molecular weight excluding hydrogens is 365 g/mol. The van der Waals surface area contributed by atoms with Gasteiger partial charge in [-0.1, -0.05) is 0 Å². The highest BCUT2D eigenvalue weighted by atomic mass is 32.2. The summed E-state index contributed by atoms with van der Waals surface area (Å²) < 4.78 is 41.0. The molecule has 1 amide bonds. The van der Waals surface area contributed by atoms with Crippen LogP contribution in [0, 0.1) is 5.82 Å². The summed E-state index contributed by atoms with van der Waals surface area (Å²) in [6.45, 7) is 0. The molecule has 0 fully saturated rings. The van der Waals surface area contributed by atoms with Crippen LogP contribution in [0.1, 0.15) is 28.5 Å². The maximum absolute atomic E-state index is 13.6. The van der Waals surface area contributed by atoms with Crippen LogP contribution in [0.5, 0.6) is 0 Å². The van der Waals surface area contributed by atoms with Crippen LogP contribution in [0.2, 0.25) is 0 Å². The molecule has 2 aromatic rings. The van der Waals surface area contributed by atoms with Gasteiger partial charge in [-0.15, -0.1) is 11.8 Å². The average molecular weight is 383 g/mol. The lowest BCUT2D eigenvalue weighted by Gasteiger charge is -2.26. The Kier molecular flexibility index (Phi) is 4.90. The second-order valence-electron chi connectivity index (χ2n) is 5.72. The van der Waals surface area contributed by atoms with E-state index in [2.05, 4.69) is 10.0 Å². The Labute approximate surface area is 149 Å². The Hall–Kier alpha value is -1.84. The van der Waals surface area contributed by atoms with E-state index in [0.717, 1.165) is 16.2 Å². The third-order valence-electron chi connectivity index (χ3n) is 4.11. The van der Waals surface area contributed by atoms with E-state index in [1.54, 1.807) is 24.9 Å². The Morgan fingerprint density at radius 3 is 2.84 bits per heavy atom. The highest BCUT2D eigenvalue weighted by Crippen LogP contribution is 2.36. The van der Waals surface area contributed by atoms with Crippen molar-refractivity contribution in [3.8, 4) is 0 Å². The fraction of sp³-hybridized carbons (Fsp3) is 0.312. The van der Waals surface area contributed by atoms with Gasteiger partial charge < -0.3 is 9.88 Å². The second-order valence-corrected chi connectivity index (χ2v) is 8.75. The molecule has 0 radical (unpaired) electrons. The number of hydrogen-bond acceptors (Lipinski definition) is 4. The zero-order chi connectivity index (χ0) is 18.2. The molecule has 1 aliphatic rings. The number of benzene rings is 1. The standard InChI is InChI=1S/C16H18FN3O3S2/c1-18-25(22,23)11-8-14(20(2)9-11)16(21)19-13-5-6-24-15-4-3-10(17)7-12(13)15/h3-4,7-9,13,18H,5-6H2,1-2H3,(H,19,21)/t13-/m1/s1. The summed E-state index contributed by atoms with van der Waals surface area (Å²) in [5, 5.41) is 2.89. The predicted molar refractivity (Wildman–Crippen MR) is 93.6 cm³/mol. The number of nitrogens with one attached hydrogen (secondary N) is 2. The molecule has 2 heterocycles. The molecule has 1 aromatic heterocycles. The van der Waals surface area contributed by atoms with Crippen LogP contribution < -0.4 is 10.0 Å². The van der Waals surface area contributed by atoms with Crippen molar-refractivity contribution in [1.82, 2.24) is 14.6 Å². The molecule has 6 nitrogen and oxygen atoms in total. The van der Waals surface area contributed by atoms with Crippen molar-refractivity contribution in [3.05, 3.63) is 47.5 Å². The SMILES string of the molecule is CNS(=O)(=O)c1cc(C(=O)N[C@@H]2CCSc3ccc(F)cc32)n(C)c1. The molecular formula is C16H18FN3O3S2. The molecule has 9 heteroatoms. The number of rotatable bonds is 4. The molecule has 0 unspecified atom stereocenters. The van der Waals surface area contributed by atoms with Crippen molar-refractivity contribution in [1.29, 1.82) is 0 Å². The van der Waals surface area contributed by atoms with Gasteiger partial charge >= 0.3 is 0 Å². The molecule has 1 atom stereocenters. The van der Waals surface area contributed by atoms with Crippen LogP contribution in [0.25, 0.3) is 0 Å². The maximum Gasteiger partial charge on any atom is 0.268 e. The monoisotopic (exact) mass is 383 g/mol. The van der Waals surface area contributed by atoms with Crippen LogP contribution in [-0.2, 0) is 17.1 Å². The van der Waals surface area contributed by atoms with Gasteiger partial charge in [0, 0.05) is 23.9 Å². The van der Waals surface area contributed by atoms with Crippen LogP contribution in [-0.4, -0.2) is 31.7 Å². The first-order valence-corrected chi connectivity index (χ1v) is 10.1. The van der Waals surface area contributed by atoms with Gasteiger partial charge in [-0.2, -0.15) is 0 Å². The smallest absolute Gasteiger partial charge is 0.268 e. The van der Waals surface area contributed by atoms with Gasteiger partial charge in [0.2, 0.25) is 10.0 Å². The number of fused-ring (bicyclic) bond motifs is 1. The van der Waals surface area contributed by atoms with Crippen molar-refractivity contribution < 1.29 is 17.6 Å². The third kappa shape index (κ3) is 3.58. The fourth-order valence-electron chi connectivity index (χ4n) is 2.77. The molecule has 3 rings (SSSR count). The topological polar surface area (TPSA) is 80.2 Å². The van der Waals surface area contributed by atoms with E-state index in [1.165, 1.54) is 36.0 Å². The fourth-order valence-corrected chi connectivity index (χ4v) is 4.68. The number of sulfonamides is 1. The van der Waals surface area contributed by atoms with Crippen molar-refractivity contribution in [2.45, 2.75) is 22.3 Å². The minimum atomic E-state index is -3.62. The number of thioether (sulfide) groups is 1. The summed E-state index contributed by atoms with van der Waals surface area (Å²) in [6, 6.07) is 5.58. The van der Waals surface area contributed by atoms with Gasteiger partial charge in [0.05, 0.1) is 6.04 Å². The number of carbonyl (C=O) groups excluding carboxylic acids is 1. The van der Waals surface area contributed by atoms with Gasteiger partial charge in [-0.25, -0.2) is 17.5 Å². The molecule has 0 saturated heterocycles. The number of aryl methyl sites for hydroxylation is 1. The minimum Gasteiger partial charge on any atom is -0.345 e. The van der Waals surface area contributed by atoms with E-state index in [0.29, 0.717) is 6.42 Å². The number of carbonyl (C=O) groups is 1. The lowest BCUT2D eigenvalue weighted by atomic mass is 10.0. The summed E-state index contributed by atoms with van der Waals surface area (Å²) in [5.41, 5.74) is 0.979. The summed E-state index contributed by atoms with van der Waals surface area (Å²) in [4.78, 5) is 13.6. The molecule has 134 valence electrons. The van der Waals surface area contributed by atoms with Gasteiger partial charge in [0.25, 0.3) is 5.91 Å². The lowest BCUT2D eigenvalue weighted by Crippen LogP contribution is -2.31. The Balaban J connectivity index is 1.86. The molecule has 2 N–H and O–H groups in total. The summed E-state index contributed by atoms with van der Waals surface area (Å²) in [5.74, 6) is 0.0738. The molecule has 1 aliphatic heterocycles. The predicted octanol–water partition coefficient (Wildman–Crippen LogP) is 2.04. The van der Waals surface area contributed by atoms with E-state index in [1.807, 2.05) is 0 Å². The minimum absolute atomic E-state index is 0.0216. The van der Waals surface area contributed by atoms with E-state index in [4.69, 9.17) is 0 Å². The van der Waals surface area contributed by atoms with Crippen LogP contribution in [0.3, 0.4) is 0 Å². The molecule has 0 spiro atoms. The lowest BCUT2D eigenvalue weighted by molar-refractivity contribution is 0.0926. The molecule has 0 aliphatic carbocycles. The van der Waals surface area contributed by atoms with E-state index >= 15 is 0 Å². The number of aromatic nitrogens is 1. The molecule has 0 bridgehead atoms. The van der Waals surface area contributed by atoms with Gasteiger partial charge in [-0.05, 0) is 43.3 Å². The van der Waals surface area contributed by atoms with Gasteiger partial charge in [0.15, 0.2) is 0 Å². The van der Waals surface area contributed by atoms with Crippen LogP contribution in [0.4, 0.5) is 4.39 Å². The van der Waals surface area contributed by atoms with E-state index in [-0.39, 0.29) is 22.4 Å². The summed E-state index contributed by atoms with van der Waals surface area (Å²) in [6.07, 6.45) is 2.06. The van der Waals surface area contributed by atoms with E-state index < -0.39 is 15.9 Å². The Bertz CT molecular complexity index is 925. The van der Waals surface area contributed by atoms with Crippen molar-refractivity contribution in [2.24, 2.45) is 7.05 Å². The maximum atomic E-state index is 13.6. The third-order valence-corrected chi connectivity index (χ3v) is 6.61. The number of hydrogen-bond donors (Lipinski definition) is 2. The zero-order valence-electron chi connectivity index (χ0n) is 13.7. The molecule has 1 aromatic carbocycles. The summed E-state index contributed by atoms with van der Waals surface area (Å²) in [7, 11) is -0.707. The first kappa shape index (κ1) is 18.0. The first-order valence-electron chi connectivity index (χ1n) is 7.65. The van der Waals surface area contributed by atoms with Gasteiger partial charge in [-0.3, -0.25) is 4.79 Å². The second kappa shape index (κ2) is 6.81. The number of amides is 1. The summed E-state index contributed by atoms with van der Waals surface area (Å²) >= 11 is 1.63. The van der Waals surface area contributed by atoms with Crippen LogP contribution in [0.15, 0.2) is 40.3 Å². The quantitative estimate of drug-likeness (QED) is 0.847. The normalized spacial score (nSPS) is 17.2. The van der Waals surface area contributed by atoms with Gasteiger partial charge in [0.1, 0.15) is 16.4 Å². The highest BCUT2D eigenvalue weighted by molar-refractivity contribution is 7.99. The molecule has 0 saturated carbocycles. The Morgan fingerprint density at radius 1 is 1.36 bits per heavy atom. The zero-order valence-corrected chi connectivity index (χ0v) is 15.4. The molecule has 25 heavy (non-hydrogen) atoms. The van der Waals surface area contributed by atoms with E-state index in [9.17, 15) is 17.6 Å². The van der Waals surface area contributed by atoms with Crippen molar-refractivity contribution in [2.75, 3.05) is 12.8 Å². The number of nitrogens with zero attached hydrogens (tertiary/aromatic N) is 1. The van der Waals surface area contributed by atoms with Crippen LogP contribution >= 0.6 is 11.8 Å². The average Bonchev–Trinajstić information content (AvgIpc) is 2.98. The van der Waals surface area contributed by atoms with Crippen molar-refractivity contribution in [3.63, 3.8) is 0 Å².